The third kappa shape index (κ3) is 4.63. The van der Waals surface area contributed by atoms with Crippen molar-refractivity contribution in [3.05, 3.63) is 48.0 Å². The summed E-state index contributed by atoms with van der Waals surface area (Å²) >= 11 is 0. The predicted octanol–water partition coefficient (Wildman–Crippen LogP) is 2.90. The number of urea groups is 1. The molecule has 32 heavy (non-hydrogen) atoms. The van der Waals surface area contributed by atoms with Gasteiger partial charge in [0.1, 0.15) is 23.7 Å². The number of amides is 2. The van der Waals surface area contributed by atoms with Crippen LogP contribution < -0.4 is 20.1 Å². The summed E-state index contributed by atoms with van der Waals surface area (Å²) in [6, 6.07) is 12.0. The molecule has 2 amide bonds. The van der Waals surface area contributed by atoms with Crippen molar-refractivity contribution in [2.24, 2.45) is 0 Å². The molecule has 3 N–H and O–H groups in total. The lowest BCUT2D eigenvalue weighted by atomic mass is 9.84. The lowest BCUT2D eigenvalue weighted by Crippen LogP contribution is -2.46. The number of benzene rings is 2. The minimum atomic E-state index is -0.550. The van der Waals surface area contributed by atoms with E-state index in [9.17, 15) is 14.7 Å². The van der Waals surface area contributed by atoms with E-state index < -0.39 is 6.10 Å². The summed E-state index contributed by atoms with van der Waals surface area (Å²) in [4.78, 5) is 24.2. The van der Waals surface area contributed by atoms with E-state index in [1.165, 1.54) is 7.11 Å². The number of fused-ring (bicyclic) bond motifs is 3. The zero-order valence-corrected chi connectivity index (χ0v) is 17.9. The molecule has 2 aromatic carbocycles. The first kappa shape index (κ1) is 21.9. The van der Waals surface area contributed by atoms with Crippen molar-refractivity contribution in [3.63, 3.8) is 0 Å². The van der Waals surface area contributed by atoms with Crippen LogP contribution in [0.2, 0.25) is 0 Å². The molecule has 9 heteroatoms. The number of carbonyl (C=O) groups is 2. The minimum Gasteiger partial charge on any atom is -0.497 e. The van der Waals surface area contributed by atoms with Crippen molar-refractivity contribution < 1.29 is 33.6 Å². The van der Waals surface area contributed by atoms with E-state index in [1.807, 2.05) is 6.07 Å². The fourth-order valence-electron chi connectivity index (χ4n) is 4.20. The quantitative estimate of drug-likeness (QED) is 0.589. The van der Waals surface area contributed by atoms with Gasteiger partial charge in [0, 0.05) is 22.9 Å². The molecular weight excluding hydrogens is 416 g/mol. The number of anilines is 2. The number of esters is 1. The zero-order chi connectivity index (χ0) is 22.7. The van der Waals surface area contributed by atoms with E-state index >= 15 is 0 Å². The van der Waals surface area contributed by atoms with E-state index in [1.54, 1.807) is 43.5 Å². The first-order chi connectivity index (χ1) is 15.5. The van der Waals surface area contributed by atoms with Gasteiger partial charge in [0.2, 0.25) is 0 Å². The number of aliphatic hydroxyl groups is 1. The highest BCUT2D eigenvalue weighted by Gasteiger charge is 2.46. The van der Waals surface area contributed by atoms with Crippen LogP contribution in [0.4, 0.5) is 16.2 Å². The van der Waals surface area contributed by atoms with Crippen molar-refractivity contribution in [3.8, 4) is 11.5 Å². The molecule has 2 aromatic rings. The van der Waals surface area contributed by atoms with Gasteiger partial charge in [-0.05, 0) is 48.9 Å². The van der Waals surface area contributed by atoms with Gasteiger partial charge in [0.05, 0.1) is 33.4 Å². The highest BCUT2D eigenvalue weighted by atomic mass is 16.6. The average Bonchev–Trinajstić information content (AvgIpc) is 3.17. The van der Waals surface area contributed by atoms with Crippen LogP contribution in [0.1, 0.15) is 24.3 Å². The first-order valence-electron chi connectivity index (χ1n) is 10.4. The van der Waals surface area contributed by atoms with Gasteiger partial charge in [0.15, 0.2) is 0 Å². The van der Waals surface area contributed by atoms with Crippen molar-refractivity contribution in [2.45, 2.75) is 37.1 Å². The standard InChI is InChI=1S/C23H26N2O7/c1-29-15-6-3-13(4-7-15)24-23(28)25-14-5-8-19-17(9-14)18-10-16(11-21(27)30-2)31-20(12-26)22(18)32-19/h3-9,16,18,20,22,26H,10-12H2,1-2H3,(H2,24,25,28)/t16-,18+,20+,22-/m1/s1. The van der Waals surface area contributed by atoms with Gasteiger partial charge in [-0.15, -0.1) is 0 Å². The monoisotopic (exact) mass is 442 g/mol. The highest BCUT2D eigenvalue weighted by Crippen LogP contribution is 2.47. The molecule has 4 atom stereocenters. The minimum absolute atomic E-state index is 0.0723. The van der Waals surface area contributed by atoms with E-state index in [4.69, 9.17) is 18.9 Å². The summed E-state index contributed by atoms with van der Waals surface area (Å²) in [5, 5.41) is 15.4. The number of hydrogen-bond acceptors (Lipinski definition) is 7. The SMILES string of the molecule is COC(=O)C[C@H]1C[C@H]2c3cc(NC(=O)Nc4ccc(OC)cc4)ccc3O[C@H]2[C@H](CO)O1. The Kier molecular flexibility index (Phi) is 6.48. The number of rotatable bonds is 6. The van der Waals surface area contributed by atoms with Crippen molar-refractivity contribution in [1.82, 2.24) is 0 Å². The van der Waals surface area contributed by atoms with Gasteiger partial charge in [-0.1, -0.05) is 0 Å². The fraction of sp³-hybridized carbons (Fsp3) is 0.391. The van der Waals surface area contributed by atoms with E-state index in [2.05, 4.69) is 10.6 Å². The maximum absolute atomic E-state index is 12.4. The molecule has 0 bridgehead atoms. The zero-order valence-electron chi connectivity index (χ0n) is 17.9. The summed E-state index contributed by atoms with van der Waals surface area (Å²) < 4.78 is 21.8. The van der Waals surface area contributed by atoms with Gasteiger partial charge >= 0.3 is 12.0 Å². The molecule has 0 radical (unpaired) electrons. The van der Waals surface area contributed by atoms with Crippen LogP contribution in [0.3, 0.4) is 0 Å². The summed E-state index contributed by atoms with van der Waals surface area (Å²) in [5.74, 6) is 0.945. The lowest BCUT2D eigenvalue weighted by Gasteiger charge is -2.36. The number of hydrogen-bond donors (Lipinski definition) is 3. The second kappa shape index (κ2) is 9.46. The van der Waals surface area contributed by atoms with Crippen LogP contribution in [-0.4, -0.2) is 56.2 Å². The topological polar surface area (TPSA) is 115 Å². The molecule has 0 spiro atoms. The molecule has 4 rings (SSSR count). The second-order valence-electron chi connectivity index (χ2n) is 7.74. The maximum Gasteiger partial charge on any atom is 0.323 e. The number of nitrogens with one attached hydrogen (secondary N) is 2. The second-order valence-corrected chi connectivity index (χ2v) is 7.74. The Bertz CT molecular complexity index is 979. The van der Waals surface area contributed by atoms with E-state index in [0.29, 0.717) is 29.3 Å². The van der Waals surface area contributed by atoms with Crippen LogP contribution in [0.15, 0.2) is 42.5 Å². The van der Waals surface area contributed by atoms with Gasteiger partial charge in [0.25, 0.3) is 0 Å². The van der Waals surface area contributed by atoms with Crippen molar-refractivity contribution in [2.75, 3.05) is 31.5 Å². The van der Waals surface area contributed by atoms with Crippen LogP contribution in [0, 0.1) is 0 Å². The molecule has 1 fully saturated rings. The Balaban J connectivity index is 1.46. The maximum atomic E-state index is 12.4. The number of aliphatic hydroxyl groups excluding tert-OH is 1. The molecule has 0 saturated carbocycles. The van der Waals surface area contributed by atoms with Crippen LogP contribution in [-0.2, 0) is 14.3 Å². The number of methoxy groups -OCH3 is 2. The van der Waals surface area contributed by atoms with Gasteiger partial charge < -0.3 is 34.7 Å². The molecule has 9 nitrogen and oxygen atoms in total. The molecule has 2 aliphatic rings. The fourth-order valence-corrected chi connectivity index (χ4v) is 4.20. The van der Waals surface area contributed by atoms with E-state index in [0.717, 1.165) is 5.56 Å². The van der Waals surface area contributed by atoms with E-state index in [-0.39, 0.29) is 43.2 Å². The first-order valence-corrected chi connectivity index (χ1v) is 10.4. The molecular formula is C23H26N2O7. The average molecular weight is 442 g/mol. The third-order valence-electron chi connectivity index (χ3n) is 5.73. The Labute approximate surface area is 185 Å². The lowest BCUT2D eigenvalue weighted by molar-refractivity contribution is -0.156. The van der Waals surface area contributed by atoms with Crippen molar-refractivity contribution >= 4 is 23.4 Å². The molecule has 0 unspecified atom stereocenters. The molecule has 1 saturated heterocycles. The summed E-state index contributed by atoms with van der Waals surface area (Å²) in [5.41, 5.74) is 2.15. The Morgan fingerprint density at radius 3 is 2.50 bits per heavy atom. The Morgan fingerprint density at radius 2 is 1.81 bits per heavy atom. The molecule has 2 heterocycles. The predicted molar refractivity (Wildman–Crippen MR) is 116 cm³/mol. The number of ether oxygens (including phenoxy) is 4. The normalized spacial score (nSPS) is 23.3. The summed E-state index contributed by atoms with van der Waals surface area (Å²) in [6.45, 7) is -0.220. The molecule has 0 aromatic heterocycles. The summed E-state index contributed by atoms with van der Waals surface area (Å²) in [7, 11) is 2.91. The smallest absolute Gasteiger partial charge is 0.323 e. The summed E-state index contributed by atoms with van der Waals surface area (Å²) in [6.07, 6.45) is -0.637. The Morgan fingerprint density at radius 1 is 1.09 bits per heavy atom. The molecule has 2 aliphatic heterocycles. The van der Waals surface area contributed by atoms with Gasteiger partial charge in [-0.3, -0.25) is 4.79 Å². The molecule has 170 valence electrons. The van der Waals surface area contributed by atoms with Crippen LogP contribution >= 0.6 is 0 Å². The largest absolute Gasteiger partial charge is 0.497 e. The van der Waals surface area contributed by atoms with Crippen LogP contribution in [0.5, 0.6) is 11.5 Å². The van der Waals surface area contributed by atoms with Gasteiger partial charge in [-0.25, -0.2) is 4.79 Å². The third-order valence-corrected chi connectivity index (χ3v) is 5.73. The molecule has 0 aliphatic carbocycles. The van der Waals surface area contributed by atoms with Crippen molar-refractivity contribution in [1.29, 1.82) is 0 Å². The number of carbonyl (C=O) groups excluding carboxylic acids is 2. The Hall–Kier alpha value is -3.30. The van der Waals surface area contributed by atoms with Crippen LogP contribution in [0.25, 0.3) is 0 Å². The van der Waals surface area contributed by atoms with Gasteiger partial charge in [-0.2, -0.15) is 0 Å². The highest BCUT2D eigenvalue weighted by molar-refractivity contribution is 5.99.